The monoisotopic (exact) mass is 622 g/mol. The smallest absolute Gasteiger partial charge is 0.0459 e. The molecule has 0 aliphatic rings. The number of rotatable bonds is 6. The lowest BCUT2D eigenvalue weighted by Crippen LogP contribution is -2.08. The zero-order valence-corrected chi connectivity index (χ0v) is 27.7. The van der Waals surface area contributed by atoms with E-state index < -0.39 is 0 Å². The lowest BCUT2D eigenvalue weighted by molar-refractivity contribution is 0.939. The second-order valence-electron chi connectivity index (χ2n) is 13.4. The Kier molecular flexibility index (Phi) is 6.48. The number of aromatic amines is 4. The number of para-hydroxylation sites is 4. The third-order valence-corrected chi connectivity index (χ3v) is 10.5. The van der Waals surface area contributed by atoms with Crippen molar-refractivity contribution in [2.45, 2.75) is 39.5 Å². The van der Waals surface area contributed by atoms with Gasteiger partial charge < -0.3 is 19.9 Å². The van der Waals surface area contributed by atoms with E-state index in [1.165, 1.54) is 99.8 Å². The van der Waals surface area contributed by atoms with Crippen LogP contribution in [0.2, 0.25) is 0 Å². The highest BCUT2D eigenvalue weighted by molar-refractivity contribution is 5.92. The van der Waals surface area contributed by atoms with E-state index in [4.69, 9.17) is 0 Å². The molecule has 4 nitrogen and oxygen atoms in total. The van der Waals surface area contributed by atoms with Crippen LogP contribution in [-0.2, 0) is 0 Å². The second kappa shape index (κ2) is 10.9. The summed E-state index contributed by atoms with van der Waals surface area (Å²) in [6, 6.07) is 44.4. The lowest BCUT2D eigenvalue weighted by Gasteiger charge is -2.23. The maximum atomic E-state index is 3.70. The molecule has 48 heavy (non-hydrogen) atoms. The lowest BCUT2D eigenvalue weighted by atomic mass is 9.79. The molecule has 4 heteroatoms. The van der Waals surface area contributed by atoms with Crippen LogP contribution in [0, 0.1) is 27.7 Å². The number of aromatic nitrogens is 4. The Morgan fingerprint density at radius 3 is 0.792 bits per heavy atom. The maximum Gasteiger partial charge on any atom is 0.0459 e. The minimum Gasteiger partial charge on any atom is -0.358 e. The van der Waals surface area contributed by atoms with Crippen LogP contribution in [0.3, 0.4) is 0 Å². The molecule has 5 aromatic carbocycles. The molecular formula is C44H38N4. The summed E-state index contributed by atoms with van der Waals surface area (Å²) in [6.45, 7) is 8.87. The molecule has 0 radical (unpaired) electrons. The number of nitrogens with one attached hydrogen (secondary N) is 4. The summed E-state index contributed by atoms with van der Waals surface area (Å²) in [5, 5.41) is 5.09. The molecule has 9 aromatic rings. The number of H-pyrrole nitrogens is 4. The molecule has 9 rings (SSSR count). The van der Waals surface area contributed by atoms with E-state index in [2.05, 4.69) is 169 Å². The first-order valence-corrected chi connectivity index (χ1v) is 16.9. The van der Waals surface area contributed by atoms with Gasteiger partial charge in [0.2, 0.25) is 0 Å². The van der Waals surface area contributed by atoms with Gasteiger partial charge in [-0.3, -0.25) is 0 Å². The summed E-state index contributed by atoms with van der Waals surface area (Å²) >= 11 is 0. The van der Waals surface area contributed by atoms with Crippen LogP contribution in [0.5, 0.6) is 0 Å². The minimum absolute atomic E-state index is 0.0504. The topological polar surface area (TPSA) is 63.2 Å². The fourth-order valence-electron chi connectivity index (χ4n) is 8.52. The Morgan fingerprint density at radius 2 is 0.542 bits per heavy atom. The normalized spacial score (nSPS) is 12.1. The van der Waals surface area contributed by atoms with Crippen LogP contribution in [0.1, 0.15) is 68.0 Å². The summed E-state index contributed by atoms with van der Waals surface area (Å²) in [6.07, 6.45) is 0. The van der Waals surface area contributed by atoms with Crippen molar-refractivity contribution in [3.8, 4) is 0 Å². The fourth-order valence-corrected chi connectivity index (χ4v) is 8.52. The average Bonchev–Trinajstić information content (AvgIpc) is 3.82. The predicted octanol–water partition coefficient (Wildman–Crippen LogP) is 11.2. The van der Waals surface area contributed by atoms with Crippen molar-refractivity contribution < 1.29 is 0 Å². The van der Waals surface area contributed by atoms with Crippen molar-refractivity contribution in [3.05, 3.63) is 177 Å². The number of fused-ring (bicyclic) bond motifs is 4. The van der Waals surface area contributed by atoms with Crippen LogP contribution in [0.15, 0.2) is 121 Å². The van der Waals surface area contributed by atoms with E-state index in [0.29, 0.717) is 0 Å². The van der Waals surface area contributed by atoms with Crippen molar-refractivity contribution in [3.63, 3.8) is 0 Å². The minimum atomic E-state index is 0.0504. The van der Waals surface area contributed by atoms with E-state index in [0.717, 1.165) is 0 Å². The van der Waals surface area contributed by atoms with Gasteiger partial charge in [-0.05, 0) is 85.3 Å². The van der Waals surface area contributed by atoms with Gasteiger partial charge in [0.1, 0.15) is 0 Å². The van der Waals surface area contributed by atoms with Crippen molar-refractivity contribution in [1.82, 2.24) is 19.9 Å². The Bertz CT molecular complexity index is 2280. The van der Waals surface area contributed by atoms with Crippen LogP contribution < -0.4 is 0 Å². The number of aryl methyl sites for hydroxylation is 4. The number of hydrogen-bond donors (Lipinski definition) is 4. The molecule has 0 bridgehead atoms. The molecule has 0 spiro atoms. The van der Waals surface area contributed by atoms with E-state index >= 15 is 0 Å². The van der Waals surface area contributed by atoms with Gasteiger partial charge in [0.05, 0.1) is 0 Å². The molecule has 4 heterocycles. The largest absolute Gasteiger partial charge is 0.358 e. The third-order valence-electron chi connectivity index (χ3n) is 10.5. The molecule has 0 saturated carbocycles. The molecule has 0 fully saturated rings. The van der Waals surface area contributed by atoms with E-state index in [9.17, 15) is 0 Å². The highest BCUT2D eigenvalue weighted by atomic mass is 14.7. The molecule has 0 aliphatic carbocycles. The van der Waals surface area contributed by atoms with Gasteiger partial charge in [-0.25, -0.2) is 0 Å². The molecule has 0 aliphatic heterocycles. The van der Waals surface area contributed by atoms with Gasteiger partial charge >= 0.3 is 0 Å². The molecule has 4 N–H and O–H groups in total. The standard InChI is InChI=1S/C44H38N4/c1-25-39(31-13-5-9-17-35(31)45-25)43(40-26(2)46-36-18-10-6-14-32(36)40)29-21-23-30(24-22-29)44(41-27(3)47-37-19-11-7-15-33(37)41)42-28(4)48-38-20-12-8-16-34(38)42/h5-24,43-48H,1-4H3. The van der Waals surface area contributed by atoms with Gasteiger partial charge in [-0.1, -0.05) is 97.1 Å². The molecule has 0 unspecified atom stereocenters. The second-order valence-corrected chi connectivity index (χ2v) is 13.4. The third kappa shape index (κ3) is 4.29. The fraction of sp³-hybridized carbons (Fsp3) is 0.136. The summed E-state index contributed by atoms with van der Waals surface area (Å²) in [4.78, 5) is 14.8. The van der Waals surface area contributed by atoms with Gasteiger partial charge in [0.25, 0.3) is 0 Å². The van der Waals surface area contributed by atoms with Gasteiger partial charge in [0.15, 0.2) is 0 Å². The highest BCUT2D eigenvalue weighted by Gasteiger charge is 2.30. The van der Waals surface area contributed by atoms with Crippen molar-refractivity contribution in [2.75, 3.05) is 0 Å². The summed E-state index contributed by atoms with van der Waals surface area (Å²) in [7, 11) is 0. The van der Waals surface area contributed by atoms with Crippen molar-refractivity contribution >= 4 is 43.6 Å². The van der Waals surface area contributed by atoms with Crippen molar-refractivity contribution in [1.29, 1.82) is 0 Å². The van der Waals surface area contributed by atoms with Gasteiger partial charge in [0, 0.05) is 78.2 Å². The SMILES string of the molecule is Cc1[nH]c2ccccc2c1C(c1ccc(C(c2c(C)[nH]c3ccccc23)c2c(C)[nH]c3ccccc23)cc1)c1c(C)[nH]c2ccccc12. The summed E-state index contributed by atoms with van der Waals surface area (Å²) in [5.74, 6) is 0.101. The average molecular weight is 623 g/mol. The van der Waals surface area contributed by atoms with Crippen LogP contribution in [0.25, 0.3) is 43.6 Å². The summed E-state index contributed by atoms with van der Waals surface area (Å²) in [5.41, 5.74) is 17.4. The van der Waals surface area contributed by atoms with Gasteiger partial charge in [-0.2, -0.15) is 0 Å². The Labute approximate surface area is 279 Å². The quantitative estimate of drug-likeness (QED) is 0.143. The Morgan fingerprint density at radius 1 is 0.312 bits per heavy atom. The van der Waals surface area contributed by atoms with Crippen LogP contribution in [0.4, 0.5) is 0 Å². The summed E-state index contributed by atoms with van der Waals surface area (Å²) < 4.78 is 0. The molecule has 0 amide bonds. The zero-order valence-electron chi connectivity index (χ0n) is 27.7. The number of hydrogen-bond acceptors (Lipinski definition) is 0. The molecule has 4 aromatic heterocycles. The maximum absolute atomic E-state index is 3.70. The van der Waals surface area contributed by atoms with E-state index in [1.54, 1.807) is 0 Å². The van der Waals surface area contributed by atoms with Crippen molar-refractivity contribution in [2.24, 2.45) is 0 Å². The molecule has 234 valence electrons. The predicted molar refractivity (Wildman–Crippen MR) is 200 cm³/mol. The van der Waals surface area contributed by atoms with E-state index in [-0.39, 0.29) is 11.8 Å². The first-order valence-electron chi connectivity index (χ1n) is 16.9. The molecular weight excluding hydrogens is 585 g/mol. The van der Waals surface area contributed by atoms with Crippen LogP contribution >= 0.6 is 0 Å². The van der Waals surface area contributed by atoms with E-state index in [1.807, 2.05) is 0 Å². The van der Waals surface area contributed by atoms with Crippen LogP contribution in [-0.4, -0.2) is 19.9 Å². The zero-order chi connectivity index (χ0) is 32.5. The number of benzene rings is 5. The molecule has 0 saturated heterocycles. The van der Waals surface area contributed by atoms with Gasteiger partial charge in [-0.15, -0.1) is 0 Å². The Hall–Kier alpha value is -5.74. The first kappa shape index (κ1) is 28.5. The molecule has 0 atom stereocenters. The Balaban J connectivity index is 1.28. The first-order chi connectivity index (χ1) is 23.5. The highest BCUT2D eigenvalue weighted by Crippen LogP contribution is 2.45.